The van der Waals surface area contributed by atoms with E-state index in [1.54, 1.807) is 0 Å². The number of hydrogen-bond acceptors (Lipinski definition) is 2. The third kappa shape index (κ3) is 3.97. The van der Waals surface area contributed by atoms with E-state index >= 15 is 0 Å². The highest BCUT2D eigenvalue weighted by atomic mass is 16.1. The van der Waals surface area contributed by atoms with Crippen molar-refractivity contribution in [1.29, 1.82) is 0 Å². The molecule has 2 heterocycles. The molecule has 0 radical (unpaired) electrons. The minimum absolute atomic E-state index is 0.0415. The fraction of sp³-hybridized carbons (Fsp3) is 0.375. The van der Waals surface area contributed by atoms with Crippen LogP contribution in [0.5, 0.6) is 0 Å². The molecule has 2 atom stereocenters. The number of fused-ring (bicyclic) bond motifs is 1. The summed E-state index contributed by atoms with van der Waals surface area (Å²) < 4.78 is 2.23. The van der Waals surface area contributed by atoms with E-state index in [0.29, 0.717) is 6.04 Å². The van der Waals surface area contributed by atoms with Crippen LogP contribution in [0, 0.1) is 0 Å². The average molecular weight is 376 g/mol. The van der Waals surface area contributed by atoms with E-state index in [0.717, 1.165) is 48.9 Å². The number of carbonyl (C=O) groups is 1. The lowest BCUT2D eigenvalue weighted by atomic mass is 9.98. The molecule has 1 aromatic heterocycles. The zero-order valence-electron chi connectivity index (χ0n) is 16.8. The topological polar surface area (TPSA) is 37.3 Å². The second-order valence-corrected chi connectivity index (χ2v) is 7.88. The van der Waals surface area contributed by atoms with Crippen molar-refractivity contribution in [3.8, 4) is 0 Å². The fourth-order valence-corrected chi connectivity index (χ4v) is 4.35. The van der Waals surface area contributed by atoms with Gasteiger partial charge in [0.15, 0.2) is 0 Å². The lowest BCUT2D eigenvalue weighted by Crippen LogP contribution is -2.48. The number of carbonyl (C=O) groups excluding carboxylic acids is 1. The number of nitrogens with zero attached hydrogens (tertiary/aromatic N) is 2. The second kappa shape index (κ2) is 8.19. The Morgan fingerprint density at radius 3 is 2.71 bits per heavy atom. The van der Waals surface area contributed by atoms with E-state index in [1.165, 1.54) is 5.56 Å². The molecule has 1 aliphatic heterocycles. The Morgan fingerprint density at radius 2 is 1.96 bits per heavy atom. The first-order valence-electron chi connectivity index (χ1n) is 10.3. The van der Waals surface area contributed by atoms with Crippen LogP contribution in [0.3, 0.4) is 0 Å². The van der Waals surface area contributed by atoms with Gasteiger partial charge in [0.05, 0.1) is 0 Å². The molecule has 2 aromatic carbocycles. The first-order chi connectivity index (χ1) is 13.6. The van der Waals surface area contributed by atoms with Crippen LogP contribution in [-0.2, 0) is 6.54 Å². The third-order valence-electron chi connectivity index (χ3n) is 5.98. The van der Waals surface area contributed by atoms with Gasteiger partial charge in [-0.2, -0.15) is 0 Å². The highest BCUT2D eigenvalue weighted by Crippen LogP contribution is 2.21. The fourth-order valence-electron chi connectivity index (χ4n) is 4.35. The van der Waals surface area contributed by atoms with Gasteiger partial charge in [0.2, 0.25) is 0 Å². The smallest absolute Gasteiger partial charge is 0.251 e. The zero-order valence-corrected chi connectivity index (χ0v) is 16.8. The van der Waals surface area contributed by atoms with Crippen LogP contribution < -0.4 is 5.32 Å². The van der Waals surface area contributed by atoms with Gasteiger partial charge < -0.3 is 14.8 Å². The predicted molar refractivity (Wildman–Crippen MR) is 115 cm³/mol. The summed E-state index contributed by atoms with van der Waals surface area (Å²) in [6.45, 7) is 7.43. The SMILES string of the molecule is CCN1CCC(NC(=O)c2ccc3c(ccn3Cc3ccccc3)c2)CC1C. The number of benzene rings is 2. The molecule has 0 spiro atoms. The highest BCUT2D eigenvalue weighted by Gasteiger charge is 2.25. The van der Waals surface area contributed by atoms with Gasteiger partial charge in [-0.25, -0.2) is 0 Å². The van der Waals surface area contributed by atoms with Crippen molar-refractivity contribution >= 4 is 16.8 Å². The summed E-state index contributed by atoms with van der Waals surface area (Å²) in [5.41, 5.74) is 3.18. The Morgan fingerprint density at radius 1 is 1.14 bits per heavy atom. The lowest BCUT2D eigenvalue weighted by Gasteiger charge is -2.37. The molecular weight excluding hydrogens is 346 g/mol. The quantitative estimate of drug-likeness (QED) is 0.722. The Hall–Kier alpha value is -2.59. The molecule has 1 fully saturated rings. The van der Waals surface area contributed by atoms with E-state index in [2.05, 4.69) is 71.2 Å². The molecule has 4 nitrogen and oxygen atoms in total. The molecule has 1 N–H and O–H groups in total. The van der Waals surface area contributed by atoms with Crippen LogP contribution in [-0.4, -0.2) is 40.5 Å². The van der Waals surface area contributed by atoms with E-state index in [-0.39, 0.29) is 11.9 Å². The number of aromatic nitrogens is 1. The molecule has 0 bridgehead atoms. The normalized spacial score (nSPS) is 20.4. The van der Waals surface area contributed by atoms with Crippen LogP contribution in [0.15, 0.2) is 60.8 Å². The lowest BCUT2D eigenvalue weighted by molar-refractivity contribution is 0.0882. The number of nitrogens with one attached hydrogen (secondary N) is 1. The molecule has 1 saturated heterocycles. The number of piperidine rings is 1. The average Bonchev–Trinajstić information content (AvgIpc) is 3.11. The monoisotopic (exact) mass is 375 g/mol. The molecule has 2 unspecified atom stereocenters. The van der Waals surface area contributed by atoms with Gasteiger partial charge in [-0.1, -0.05) is 37.3 Å². The van der Waals surface area contributed by atoms with Gasteiger partial charge in [-0.3, -0.25) is 4.79 Å². The van der Waals surface area contributed by atoms with Crippen molar-refractivity contribution in [3.05, 3.63) is 71.9 Å². The van der Waals surface area contributed by atoms with Crippen molar-refractivity contribution in [1.82, 2.24) is 14.8 Å². The molecule has 0 saturated carbocycles. The van der Waals surface area contributed by atoms with Gasteiger partial charge in [0.25, 0.3) is 5.91 Å². The van der Waals surface area contributed by atoms with Crippen LogP contribution in [0.1, 0.15) is 42.6 Å². The molecule has 4 rings (SSSR count). The van der Waals surface area contributed by atoms with E-state index in [1.807, 2.05) is 18.2 Å². The predicted octanol–water partition coefficient (Wildman–Crippen LogP) is 4.29. The Bertz CT molecular complexity index is 947. The van der Waals surface area contributed by atoms with E-state index in [9.17, 15) is 4.79 Å². The Kier molecular flexibility index (Phi) is 5.49. The van der Waals surface area contributed by atoms with Gasteiger partial charge in [-0.15, -0.1) is 0 Å². The van der Waals surface area contributed by atoms with Crippen LogP contribution in [0.25, 0.3) is 10.9 Å². The maximum Gasteiger partial charge on any atom is 0.251 e. The Labute approximate surface area is 167 Å². The molecule has 28 heavy (non-hydrogen) atoms. The summed E-state index contributed by atoms with van der Waals surface area (Å²) in [5, 5.41) is 4.36. The summed E-state index contributed by atoms with van der Waals surface area (Å²) in [7, 11) is 0. The summed E-state index contributed by atoms with van der Waals surface area (Å²) in [6, 6.07) is 19.4. The van der Waals surface area contributed by atoms with Crippen molar-refractivity contribution in [2.45, 2.75) is 45.3 Å². The Balaban J connectivity index is 1.45. The molecule has 146 valence electrons. The summed E-state index contributed by atoms with van der Waals surface area (Å²) in [4.78, 5) is 15.3. The molecule has 3 aromatic rings. The van der Waals surface area contributed by atoms with Gasteiger partial charge >= 0.3 is 0 Å². The molecule has 4 heteroatoms. The third-order valence-corrected chi connectivity index (χ3v) is 5.98. The first kappa shape index (κ1) is 18.8. The van der Waals surface area contributed by atoms with Crippen molar-refractivity contribution in [3.63, 3.8) is 0 Å². The van der Waals surface area contributed by atoms with Gasteiger partial charge in [0.1, 0.15) is 0 Å². The standard InChI is InChI=1S/C24H29N3O/c1-3-26-14-12-22(15-18(26)2)25-24(28)21-9-10-23-20(16-21)11-13-27(23)17-19-7-5-4-6-8-19/h4-11,13,16,18,22H,3,12,14-15,17H2,1-2H3,(H,25,28). The minimum atomic E-state index is 0.0415. The largest absolute Gasteiger partial charge is 0.349 e. The second-order valence-electron chi connectivity index (χ2n) is 7.88. The maximum atomic E-state index is 12.8. The van der Waals surface area contributed by atoms with Crippen molar-refractivity contribution < 1.29 is 4.79 Å². The van der Waals surface area contributed by atoms with E-state index < -0.39 is 0 Å². The molecular formula is C24H29N3O. The van der Waals surface area contributed by atoms with Crippen LogP contribution >= 0.6 is 0 Å². The van der Waals surface area contributed by atoms with E-state index in [4.69, 9.17) is 0 Å². The highest BCUT2D eigenvalue weighted by molar-refractivity contribution is 5.98. The maximum absolute atomic E-state index is 12.8. The minimum Gasteiger partial charge on any atom is -0.349 e. The number of rotatable bonds is 5. The number of hydrogen-bond donors (Lipinski definition) is 1. The summed E-state index contributed by atoms with van der Waals surface area (Å²) in [6.07, 6.45) is 4.15. The van der Waals surface area contributed by atoms with Crippen molar-refractivity contribution in [2.24, 2.45) is 0 Å². The van der Waals surface area contributed by atoms with Gasteiger partial charge in [0, 0.05) is 47.8 Å². The van der Waals surface area contributed by atoms with Crippen LogP contribution in [0.2, 0.25) is 0 Å². The summed E-state index contributed by atoms with van der Waals surface area (Å²) in [5.74, 6) is 0.0415. The summed E-state index contributed by atoms with van der Waals surface area (Å²) >= 11 is 0. The molecule has 1 amide bonds. The van der Waals surface area contributed by atoms with Crippen LogP contribution in [0.4, 0.5) is 0 Å². The zero-order chi connectivity index (χ0) is 19.5. The number of amides is 1. The van der Waals surface area contributed by atoms with Gasteiger partial charge in [-0.05, 0) is 56.1 Å². The molecule has 1 aliphatic rings. The first-order valence-corrected chi connectivity index (χ1v) is 10.3. The molecule has 0 aliphatic carbocycles. The number of likely N-dealkylation sites (tertiary alicyclic amines) is 1. The van der Waals surface area contributed by atoms with Crippen molar-refractivity contribution in [2.75, 3.05) is 13.1 Å².